The first-order chi connectivity index (χ1) is 7.26. The lowest BCUT2D eigenvalue weighted by molar-refractivity contribution is 0.361. The van der Waals surface area contributed by atoms with Crippen LogP contribution >= 0.6 is 11.8 Å². The summed E-state index contributed by atoms with van der Waals surface area (Å²) in [5.41, 5.74) is 0. The molecule has 0 atom stereocenters. The van der Waals surface area contributed by atoms with Crippen LogP contribution in [0.2, 0.25) is 0 Å². The lowest BCUT2D eigenvalue weighted by atomic mass is 10.3. The zero-order valence-corrected chi connectivity index (χ0v) is 9.55. The second-order valence-electron chi connectivity index (χ2n) is 2.55. The maximum absolute atomic E-state index is 8.66. The fraction of sp³-hybridized carbons (Fsp3) is 0.300. The van der Waals surface area contributed by atoms with Crippen molar-refractivity contribution in [3.63, 3.8) is 0 Å². The van der Waals surface area contributed by atoms with Crippen molar-refractivity contribution >= 4 is 11.8 Å². The van der Waals surface area contributed by atoms with E-state index < -0.39 is 0 Å². The van der Waals surface area contributed by atoms with Gasteiger partial charge in [0.15, 0.2) is 0 Å². The number of benzene rings is 1. The van der Waals surface area contributed by atoms with Crippen molar-refractivity contribution in [2.75, 3.05) is 21.3 Å². The largest absolute Gasteiger partial charge is 0.496 e. The van der Waals surface area contributed by atoms with E-state index in [1.54, 1.807) is 19.2 Å². The third-order valence-electron chi connectivity index (χ3n) is 1.82. The van der Waals surface area contributed by atoms with E-state index in [-0.39, 0.29) is 0 Å². The summed E-state index contributed by atoms with van der Waals surface area (Å²) >= 11 is 0.997. The van der Waals surface area contributed by atoms with E-state index in [0.717, 1.165) is 11.8 Å². The fourth-order valence-electron chi connectivity index (χ4n) is 1.12. The van der Waals surface area contributed by atoms with Crippen molar-refractivity contribution < 1.29 is 14.2 Å². The molecular weight excluding hydrogens is 214 g/mol. The van der Waals surface area contributed by atoms with Crippen LogP contribution in [-0.4, -0.2) is 21.3 Å². The number of nitrogens with zero attached hydrogens (tertiary/aromatic N) is 1. The van der Waals surface area contributed by atoms with Gasteiger partial charge in [-0.05, 0) is 11.8 Å². The number of thiocyanates is 1. The van der Waals surface area contributed by atoms with E-state index in [1.165, 1.54) is 14.2 Å². The Morgan fingerprint density at radius 1 is 1.07 bits per heavy atom. The maximum Gasteiger partial charge on any atom is 0.140 e. The molecule has 5 heteroatoms. The summed E-state index contributed by atoms with van der Waals surface area (Å²) in [7, 11) is 4.64. The predicted octanol–water partition coefficient (Wildman–Crippen LogP) is 2.29. The number of nitriles is 1. The number of methoxy groups -OCH3 is 3. The number of ether oxygens (including phenoxy) is 3. The van der Waals surface area contributed by atoms with Crippen LogP contribution in [0.5, 0.6) is 17.2 Å². The Balaban J connectivity index is 3.27. The van der Waals surface area contributed by atoms with Gasteiger partial charge in [0.25, 0.3) is 0 Å². The average Bonchev–Trinajstić information content (AvgIpc) is 2.29. The summed E-state index contributed by atoms with van der Waals surface area (Å²) in [6, 6.07) is 3.42. The average molecular weight is 225 g/mol. The summed E-state index contributed by atoms with van der Waals surface area (Å²) in [5, 5.41) is 10.6. The molecule has 0 aliphatic carbocycles. The molecule has 4 nitrogen and oxygen atoms in total. The van der Waals surface area contributed by atoms with Crippen molar-refractivity contribution in [3.8, 4) is 22.6 Å². The zero-order valence-electron chi connectivity index (χ0n) is 8.73. The molecular formula is C10H11NO3S. The van der Waals surface area contributed by atoms with Gasteiger partial charge >= 0.3 is 0 Å². The quantitative estimate of drug-likeness (QED) is 0.581. The van der Waals surface area contributed by atoms with Crippen molar-refractivity contribution in [1.82, 2.24) is 0 Å². The van der Waals surface area contributed by atoms with Gasteiger partial charge in [-0.15, -0.1) is 0 Å². The van der Waals surface area contributed by atoms with Crippen LogP contribution in [-0.2, 0) is 0 Å². The van der Waals surface area contributed by atoms with Gasteiger partial charge in [0.05, 0.1) is 21.3 Å². The van der Waals surface area contributed by atoms with E-state index in [9.17, 15) is 0 Å². The van der Waals surface area contributed by atoms with Crippen molar-refractivity contribution in [2.45, 2.75) is 4.90 Å². The van der Waals surface area contributed by atoms with Crippen molar-refractivity contribution in [1.29, 1.82) is 5.26 Å². The Labute approximate surface area is 92.7 Å². The molecule has 0 heterocycles. The Morgan fingerprint density at radius 2 is 1.60 bits per heavy atom. The minimum absolute atomic E-state index is 0.567. The van der Waals surface area contributed by atoms with Crippen LogP contribution in [0.4, 0.5) is 0 Å². The van der Waals surface area contributed by atoms with Crippen LogP contribution in [0.15, 0.2) is 17.0 Å². The van der Waals surface area contributed by atoms with E-state index in [0.29, 0.717) is 22.1 Å². The highest BCUT2D eigenvalue weighted by molar-refractivity contribution is 8.04. The van der Waals surface area contributed by atoms with E-state index in [1.807, 2.05) is 5.40 Å². The van der Waals surface area contributed by atoms with Gasteiger partial charge in [0.1, 0.15) is 27.5 Å². The predicted molar refractivity (Wildman–Crippen MR) is 57.6 cm³/mol. The first-order valence-corrected chi connectivity index (χ1v) is 4.94. The van der Waals surface area contributed by atoms with Gasteiger partial charge in [0.2, 0.25) is 0 Å². The highest BCUT2D eigenvalue weighted by Gasteiger charge is 2.13. The van der Waals surface area contributed by atoms with Crippen molar-refractivity contribution in [2.24, 2.45) is 0 Å². The molecule has 1 rings (SSSR count). The highest BCUT2D eigenvalue weighted by Crippen LogP contribution is 2.40. The number of hydrogen-bond donors (Lipinski definition) is 0. The molecule has 0 fully saturated rings. The van der Waals surface area contributed by atoms with Gasteiger partial charge in [-0.25, -0.2) is 0 Å². The molecule has 0 aliphatic heterocycles. The van der Waals surface area contributed by atoms with Crippen LogP contribution in [0.1, 0.15) is 0 Å². The third-order valence-corrected chi connectivity index (χ3v) is 2.52. The highest BCUT2D eigenvalue weighted by atomic mass is 32.2. The Hall–Kier alpha value is -1.54. The zero-order chi connectivity index (χ0) is 11.3. The molecule has 0 bridgehead atoms. The molecule has 0 saturated heterocycles. The summed E-state index contributed by atoms with van der Waals surface area (Å²) < 4.78 is 15.4. The molecule has 0 spiro atoms. The summed E-state index contributed by atoms with van der Waals surface area (Å²) in [5.74, 6) is 1.77. The molecule has 80 valence electrons. The molecule has 0 saturated carbocycles. The standard InChI is InChI=1S/C10H11NO3S/c1-12-7-4-8(13-2)10(15-6-11)9(5-7)14-3/h4-5H,1-3H3. The Morgan fingerprint density at radius 3 is 1.93 bits per heavy atom. The topological polar surface area (TPSA) is 51.5 Å². The molecule has 0 radical (unpaired) electrons. The monoisotopic (exact) mass is 225 g/mol. The van der Waals surface area contributed by atoms with E-state index in [2.05, 4.69) is 0 Å². The van der Waals surface area contributed by atoms with Gasteiger partial charge in [-0.2, -0.15) is 5.26 Å². The molecule has 1 aromatic rings. The van der Waals surface area contributed by atoms with Gasteiger partial charge in [0, 0.05) is 12.1 Å². The first-order valence-electron chi connectivity index (χ1n) is 4.12. The first kappa shape index (κ1) is 11.5. The maximum atomic E-state index is 8.66. The Bertz CT molecular complexity index is 362. The summed E-state index contributed by atoms with van der Waals surface area (Å²) in [6.07, 6.45) is 0. The number of thioether (sulfide) groups is 1. The molecule has 0 unspecified atom stereocenters. The fourth-order valence-corrected chi connectivity index (χ4v) is 1.70. The minimum atomic E-state index is 0.567. The van der Waals surface area contributed by atoms with Crippen LogP contribution in [0.3, 0.4) is 0 Å². The second kappa shape index (κ2) is 5.37. The molecule has 0 amide bonds. The van der Waals surface area contributed by atoms with Crippen LogP contribution in [0.25, 0.3) is 0 Å². The second-order valence-corrected chi connectivity index (χ2v) is 3.35. The number of hydrogen-bond acceptors (Lipinski definition) is 5. The van der Waals surface area contributed by atoms with Crippen LogP contribution in [0, 0.1) is 10.7 Å². The SMILES string of the molecule is COc1cc(OC)c(SC#N)c(OC)c1. The molecule has 0 aromatic heterocycles. The Kier molecular flexibility index (Phi) is 4.13. The molecule has 15 heavy (non-hydrogen) atoms. The van der Waals surface area contributed by atoms with E-state index >= 15 is 0 Å². The smallest absolute Gasteiger partial charge is 0.140 e. The number of rotatable bonds is 4. The van der Waals surface area contributed by atoms with Gasteiger partial charge < -0.3 is 14.2 Å². The lowest BCUT2D eigenvalue weighted by Gasteiger charge is -2.11. The van der Waals surface area contributed by atoms with Gasteiger partial charge in [-0.1, -0.05) is 0 Å². The lowest BCUT2D eigenvalue weighted by Crippen LogP contribution is -1.93. The minimum Gasteiger partial charge on any atom is -0.496 e. The third kappa shape index (κ3) is 2.48. The van der Waals surface area contributed by atoms with E-state index in [4.69, 9.17) is 19.5 Å². The molecule has 0 N–H and O–H groups in total. The molecule has 0 aliphatic rings. The summed E-state index contributed by atoms with van der Waals surface area (Å²) in [6.45, 7) is 0. The summed E-state index contributed by atoms with van der Waals surface area (Å²) in [4.78, 5) is 0.656. The van der Waals surface area contributed by atoms with Crippen molar-refractivity contribution in [3.05, 3.63) is 12.1 Å². The van der Waals surface area contributed by atoms with Gasteiger partial charge in [-0.3, -0.25) is 0 Å². The normalized spacial score (nSPS) is 9.20. The van der Waals surface area contributed by atoms with Crippen LogP contribution < -0.4 is 14.2 Å². The molecule has 1 aromatic carbocycles.